The average Bonchev–Trinajstić information content (AvgIpc) is 2.92. The highest BCUT2D eigenvalue weighted by molar-refractivity contribution is 5.98. The lowest BCUT2D eigenvalue weighted by Gasteiger charge is -2.09. The van der Waals surface area contributed by atoms with Crippen molar-refractivity contribution in [2.45, 2.75) is 32.6 Å². The Morgan fingerprint density at radius 3 is 2.59 bits per heavy atom. The van der Waals surface area contributed by atoms with Gasteiger partial charge in [0.2, 0.25) is 5.91 Å². The van der Waals surface area contributed by atoms with Crippen molar-refractivity contribution in [3.05, 3.63) is 59.2 Å². The normalized spacial score (nSPS) is 12.9. The quantitative estimate of drug-likeness (QED) is 0.761. The summed E-state index contributed by atoms with van der Waals surface area (Å²) < 4.78 is 11.2. The first-order chi connectivity index (χ1) is 13.1. The molecule has 0 atom stereocenters. The highest BCUT2D eigenvalue weighted by Gasteiger charge is 2.15. The van der Waals surface area contributed by atoms with Crippen molar-refractivity contribution in [2.24, 2.45) is 0 Å². The van der Waals surface area contributed by atoms with E-state index in [0.717, 1.165) is 12.8 Å². The smallest absolute Gasteiger partial charge is 0.220 e. The van der Waals surface area contributed by atoms with Crippen LogP contribution in [0.15, 0.2) is 42.5 Å². The number of nitrogens with one attached hydrogen (secondary N) is 1. The molecule has 5 nitrogen and oxygen atoms in total. The SMILES string of the molecule is Cc1ccccc1CCNC(=O)CCC(=O)c1ccc2c(c1)OCCCO2. The molecule has 27 heavy (non-hydrogen) atoms. The molecule has 0 unspecified atom stereocenters. The van der Waals surface area contributed by atoms with Gasteiger partial charge in [-0.1, -0.05) is 24.3 Å². The van der Waals surface area contributed by atoms with Gasteiger partial charge < -0.3 is 14.8 Å². The van der Waals surface area contributed by atoms with Crippen LogP contribution in [-0.4, -0.2) is 31.4 Å². The van der Waals surface area contributed by atoms with Crippen LogP contribution < -0.4 is 14.8 Å². The Balaban J connectivity index is 1.45. The third-order valence-electron chi connectivity index (χ3n) is 4.63. The third-order valence-corrected chi connectivity index (χ3v) is 4.63. The van der Waals surface area contributed by atoms with E-state index in [1.807, 2.05) is 12.1 Å². The van der Waals surface area contributed by atoms with Crippen LogP contribution in [0.25, 0.3) is 0 Å². The number of ketones is 1. The van der Waals surface area contributed by atoms with E-state index in [2.05, 4.69) is 24.4 Å². The van der Waals surface area contributed by atoms with Gasteiger partial charge in [0.05, 0.1) is 13.2 Å². The van der Waals surface area contributed by atoms with Crippen LogP contribution in [0.3, 0.4) is 0 Å². The van der Waals surface area contributed by atoms with E-state index < -0.39 is 0 Å². The second kappa shape index (κ2) is 9.21. The van der Waals surface area contributed by atoms with E-state index in [-0.39, 0.29) is 24.5 Å². The Kier molecular flexibility index (Phi) is 6.47. The zero-order valence-electron chi connectivity index (χ0n) is 15.6. The van der Waals surface area contributed by atoms with Gasteiger partial charge in [0.1, 0.15) is 0 Å². The van der Waals surface area contributed by atoms with Gasteiger partial charge in [0.25, 0.3) is 0 Å². The van der Waals surface area contributed by atoms with Gasteiger partial charge >= 0.3 is 0 Å². The molecule has 5 heteroatoms. The molecule has 0 aliphatic carbocycles. The fourth-order valence-electron chi connectivity index (χ4n) is 3.02. The number of hydrogen-bond donors (Lipinski definition) is 1. The summed E-state index contributed by atoms with van der Waals surface area (Å²) in [5.41, 5.74) is 2.99. The van der Waals surface area contributed by atoms with Crippen LogP contribution >= 0.6 is 0 Å². The minimum atomic E-state index is -0.105. The van der Waals surface area contributed by atoms with E-state index in [1.54, 1.807) is 18.2 Å². The van der Waals surface area contributed by atoms with E-state index in [1.165, 1.54) is 11.1 Å². The Morgan fingerprint density at radius 1 is 1.00 bits per heavy atom. The number of amides is 1. The van der Waals surface area contributed by atoms with Crippen molar-refractivity contribution in [1.82, 2.24) is 5.32 Å². The summed E-state index contributed by atoms with van der Waals surface area (Å²) in [6.45, 7) is 3.82. The van der Waals surface area contributed by atoms with Crippen LogP contribution in [0.4, 0.5) is 0 Å². The van der Waals surface area contributed by atoms with Gasteiger partial charge in [-0.25, -0.2) is 0 Å². The molecule has 1 N–H and O–H groups in total. The molecule has 1 amide bonds. The predicted molar refractivity (Wildman–Crippen MR) is 104 cm³/mol. The first kappa shape index (κ1) is 19.0. The number of carbonyl (C=O) groups excluding carboxylic acids is 2. The van der Waals surface area contributed by atoms with Crippen molar-refractivity contribution in [3.63, 3.8) is 0 Å². The number of aryl methyl sites for hydroxylation is 1. The highest BCUT2D eigenvalue weighted by atomic mass is 16.5. The van der Waals surface area contributed by atoms with Crippen LogP contribution in [0.2, 0.25) is 0 Å². The molecule has 1 heterocycles. The van der Waals surface area contributed by atoms with Crippen LogP contribution in [0.5, 0.6) is 11.5 Å². The highest BCUT2D eigenvalue weighted by Crippen LogP contribution is 2.30. The molecular weight excluding hydrogens is 342 g/mol. The number of fused-ring (bicyclic) bond motifs is 1. The Bertz CT molecular complexity index is 816. The number of benzene rings is 2. The lowest BCUT2D eigenvalue weighted by molar-refractivity contribution is -0.121. The molecule has 0 radical (unpaired) electrons. The molecule has 1 aliphatic rings. The maximum absolute atomic E-state index is 12.4. The summed E-state index contributed by atoms with van der Waals surface area (Å²) in [6.07, 6.45) is 1.96. The van der Waals surface area contributed by atoms with Gasteiger partial charge in [-0.3, -0.25) is 9.59 Å². The standard InChI is InChI=1S/C22H25NO4/c1-16-5-2-3-6-17(16)11-12-23-22(25)10-8-19(24)18-7-9-20-21(15-18)27-14-4-13-26-20/h2-3,5-7,9,15H,4,8,10-14H2,1H3,(H,23,25). The van der Waals surface area contributed by atoms with E-state index in [9.17, 15) is 9.59 Å². The summed E-state index contributed by atoms with van der Waals surface area (Å²) in [7, 11) is 0. The largest absolute Gasteiger partial charge is 0.490 e. The molecular formula is C22H25NO4. The van der Waals surface area contributed by atoms with Gasteiger partial charge in [-0.15, -0.1) is 0 Å². The fraction of sp³-hybridized carbons (Fsp3) is 0.364. The Labute approximate surface area is 159 Å². The van der Waals surface area contributed by atoms with Crippen molar-refractivity contribution in [3.8, 4) is 11.5 Å². The van der Waals surface area contributed by atoms with Crippen molar-refractivity contribution >= 4 is 11.7 Å². The van der Waals surface area contributed by atoms with Gasteiger partial charge in [-0.2, -0.15) is 0 Å². The number of Topliss-reactive ketones (excluding diaryl/α,β-unsaturated/α-hetero) is 1. The van der Waals surface area contributed by atoms with Crippen LogP contribution in [0, 0.1) is 6.92 Å². The molecule has 0 bridgehead atoms. The minimum Gasteiger partial charge on any atom is -0.490 e. The van der Waals surface area contributed by atoms with Gasteiger partial charge in [0.15, 0.2) is 17.3 Å². The summed E-state index contributed by atoms with van der Waals surface area (Å²) in [4.78, 5) is 24.4. The van der Waals surface area contributed by atoms with Crippen molar-refractivity contribution in [1.29, 1.82) is 0 Å². The Hall–Kier alpha value is -2.82. The van der Waals surface area contributed by atoms with E-state index in [0.29, 0.717) is 36.8 Å². The third kappa shape index (κ3) is 5.33. The number of ether oxygens (including phenoxy) is 2. The number of hydrogen-bond acceptors (Lipinski definition) is 4. The zero-order valence-corrected chi connectivity index (χ0v) is 15.6. The second-order valence-electron chi connectivity index (χ2n) is 6.66. The van der Waals surface area contributed by atoms with Gasteiger partial charge in [-0.05, 0) is 42.7 Å². The zero-order chi connectivity index (χ0) is 19.1. The Morgan fingerprint density at radius 2 is 1.78 bits per heavy atom. The molecule has 2 aromatic carbocycles. The lowest BCUT2D eigenvalue weighted by Crippen LogP contribution is -2.26. The van der Waals surface area contributed by atoms with E-state index >= 15 is 0 Å². The molecule has 0 fully saturated rings. The fourth-order valence-corrected chi connectivity index (χ4v) is 3.02. The van der Waals surface area contributed by atoms with Crippen molar-refractivity contribution in [2.75, 3.05) is 19.8 Å². The maximum atomic E-state index is 12.4. The molecule has 1 aliphatic heterocycles. The van der Waals surface area contributed by atoms with Crippen LogP contribution in [-0.2, 0) is 11.2 Å². The lowest BCUT2D eigenvalue weighted by atomic mass is 10.1. The molecule has 0 spiro atoms. The molecule has 0 saturated heterocycles. The topological polar surface area (TPSA) is 64.6 Å². The second-order valence-corrected chi connectivity index (χ2v) is 6.66. The predicted octanol–water partition coefficient (Wildman–Crippen LogP) is 3.48. The van der Waals surface area contributed by atoms with Gasteiger partial charge in [0, 0.05) is 31.4 Å². The molecule has 142 valence electrons. The molecule has 0 aromatic heterocycles. The monoisotopic (exact) mass is 367 g/mol. The maximum Gasteiger partial charge on any atom is 0.220 e. The summed E-state index contributed by atoms with van der Waals surface area (Å²) in [6, 6.07) is 13.3. The first-order valence-electron chi connectivity index (χ1n) is 9.37. The minimum absolute atomic E-state index is 0.0697. The van der Waals surface area contributed by atoms with Crippen molar-refractivity contribution < 1.29 is 19.1 Å². The number of carbonyl (C=O) groups is 2. The molecule has 0 saturated carbocycles. The van der Waals surface area contributed by atoms with Crippen LogP contribution in [0.1, 0.15) is 40.7 Å². The summed E-state index contributed by atoms with van der Waals surface area (Å²) >= 11 is 0. The van der Waals surface area contributed by atoms with E-state index in [4.69, 9.17) is 9.47 Å². The average molecular weight is 367 g/mol. The summed E-state index contributed by atoms with van der Waals surface area (Å²) in [5.74, 6) is 1.09. The summed E-state index contributed by atoms with van der Waals surface area (Å²) in [5, 5.41) is 2.89. The molecule has 2 aromatic rings. The molecule has 3 rings (SSSR count). The first-order valence-corrected chi connectivity index (χ1v) is 9.37. The number of rotatable bonds is 7.